The maximum absolute atomic E-state index is 10.9. The van der Waals surface area contributed by atoms with Crippen molar-refractivity contribution in [1.29, 1.82) is 0 Å². The molecule has 0 aromatic heterocycles. The first kappa shape index (κ1) is 15.7. The van der Waals surface area contributed by atoms with Gasteiger partial charge in [0.2, 0.25) is 0 Å². The molecule has 0 spiro atoms. The summed E-state index contributed by atoms with van der Waals surface area (Å²) in [6.45, 7) is 7.04. The van der Waals surface area contributed by atoms with Crippen molar-refractivity contribution in [3.05, 3.63) is 33.9 Å². The summed E-state index contributed by atoms with van der Waals surface area (Å²) in [6, 6.07) is 4.96. The molecule has 2 atom stereocenters. The van der Waals surface area contributed by atoms with E-state index in [9.17, 15) is 15.2 Å². The molecule has 0 saturated carbocycles. The number of likely N-dealkylation sites (tertiary alicyclic amines) is 1. The van der Waals surface area contributed by atoms with Crippen LogP contribution in [-0.2, 0) is 6.54 Å². The Labute approximate surface area is 124 Å². The predicted octanol–water partition coefficient (Wildman–Crippen LogP) is 2.23. The summed E-state index contributed by atoms with van der Waals surface area (Å²) in [7, 11) is 0. The molecule has 2 unspecified atom stereocenters. The molecule has 1 aliphatic heterocycles. The molecular formula is C15H23N3O3. The zero-order chi connectivity index (χ0) is 15.4. The van der Waals surface area contributed by atoms with Crippen molar-refractivity contribution in [2.75, 3.05) is 25.0 Å². The first-order valence-electron chi connectivity index (χ1n) is 7.43. The van der Waals surface area contributed by atoms with E-state index in [4.69, 9.17) is 0 Å². The van der Waals surface area contributed by atoms with Crippen LogP contribution in [0, 0.1) is 16.0 Å². The zero-order valence-electron chi connectivity index (χ0n) is 12.6. The maximum atomic E-state index is 10.9. The third-order valence-corrected chi connectivity index (χ3v) is 4.05. The first-order chi connectivity index (χ1) is 10.0. The maximum Gasteiger partial charge on any atom is 0.269 e. The van der Waals surface area contributed by atoms with Crippen LogP contribution in [0.1, 0.15) is 25.8 Å². The van der Waals surface area contributed by atoms with Gasteiger partial charge in [0.15, 0.2) is 0 Å². The van der Waals surface area contributed by atoms with Crippen molar-refractivity contribution >= 4 is 11.4 Å². The second-order valence-electron chi connectivity index (χ2n) is 5.65. The van der Waals surface area contributed by atoms with Crippen LogP contribution in [0.4, 0.5) is 11.4 Å². The van der Waals surface area contributed by atoms with Crippen molar-refractivity contribution in [2.45, 2.75) is 32.9 Å². The fraction of sp³-hybridized carbons (Fsp3) is 0.600. The Morgan fingerprint density at radius 2 is 2.33 bits per heavy atom. The van der Waals surface area contributed by atoms with Gasteiger partial charge in [-0.1, -0.05) is 0 Å². The molecule has 1 fully saturated rings. The van der Waals surface area contributed by atoms with Crippen LogP contribution in [0.3, 0.4) is 0 Å². The highest BCUT2D eigenvalue weighted by Crippen LogP contribution is 2.27. The Morgan fingerprint density at radius 1 is 1.57 bits per heavy atom. The molecule has 0 amide bonds. The Bertz CT molecular complexity index is 505. The smallest absolute Gasteiger partial charge is 0.269 e. The summed E-state index contributed by atoms with van der Waals surface area (Å²) >= 11 is 0. The number of rotatable bonds is 6. The van der Waals surface area contributed by atoms with Gasteiger partial charge >= 0.3 is 0 Å². The predicted molar refractivity (Wildman–Crippen MR) is 82.3 cm³/mol. The van der Waals surface area contributed by atoms with Gasteiger partial charge in [0, 0.05) is 37.5 Å². The van der Waals surface area contributed by atoms with Crippen molar-refractivity contribution in [3.63, 3.8) is 0 Å². The minimum atomic E-state index is -0.359. The third kappa shape index (κ3) is 3.92. The molecule has 1 aliphatic rings. The molecular weight excluding hydrogens is 270 g/mol. The number of nitrogens with one attached hydrogen (secondary N) is 1. The fourth-order valence-corrected chi connectivity index (χ4v) is 2.83. The quantitative estimate of drug-likeness (QED) is 0.621. The minimum absolute atomic E-state index is 0.123. The monoisotopic (exact) mass is 293 g/mol. The summed E-state index contributed by atoms with van der Waals surface area (Å²) in [4.78, 5) is 12.8. The second kappa shape index (κ2) is 6.87. The van der Waals surface area contributed by atoms with E-state index in [2.05, 4.69) is 10.2 Å². The Morgan fingerprint density at radius 3 is 2.90 bits per heavy atom. The lowest BCUT2D eigenvalue weighted by molar-refractivity contribution is -0.384. The molecule has 116 valence electrons. The van der Waals surface area contributed by atoms with Gasteiger partial charge in [0.25, 0.3) is 5.69 Å². The van der Waals surface area contributed by atoms with Gasteiger partial charge in [-0.2, -0.15) is 0 Å². The molecule has 0 bridgehead atoms. The van der Waals surface area contributed by atoms with Crippen LogP contribution in [0.5, 0.6) is 0 Å². The fourth-order valence-electron chi connectivity index (χ4n) is 2.83. The SMILES string of the molecule is CCNc1ccc([N+](=O)[O-])cc1CN1CCC(C(C)O)C1. The molecule has 2 N–H and O–H groups in total. The van der Waals surface area contributed by atoms with E-state index >= 15 is 0 Å². The van der Waals surface area contributed by atoms with Gasteiger partial charge < -0.3 is 10.4 Å². The summed E-state index contributed by atoms with van der Waals surface area (Å²) in [5.41, 5.74) is 2.01. The van der Waals surface area contributed by atoms with Crippen molar-refractivity contribution in [2.24, 2.45) is 5.92 Å². The van der Waals surface area contributed by atoms with Crippen LogP contribution in [0.25, 0.3) is 0 Å². The Kier molecular flexibility index (Phi) is 5.14. The van der Waals surface area contributed by atoms with Crippen LogP contribution >= 0.6 is 0 Å². The number of hydrogen-bond donors (Lipinski definition) is 2. The molecule has 1 saturated heterocycles. The number of aliphatic hydroxyl groups excluding tert-OH is 1. The van der Waals surface area contributed by atoms with Gasteiger partial charge in [-0.05, 0) is 44.4 Å². The number of anilines is 1. The van der Waals surface area contributed by atoms with Crippen molar-refractivity contribution in [1.82, 2.24) is 4.90 Å². The minimum Gasteiger partial charge on any atom is -0.393 e. The number of hydrogen-bond acceptors (Lipinski definition) is 5. The molecule has 6 nitrogen and oxygen atoms in total. The van der Waals surface area contributed by atoms with Crippen LogP contribution in [0.2, 0.25) is 0 Å². The summed E-state index contributed by atoms with van der Waals surface area (Å²) in [6.07, 6.45) is 0.678. The highest BCUT2D eigenvalue weighted by molar-refractivity contribution is 5.56. The normalized spacial score (nSPS) is 20.4. The van der Waals surface area contributed by atoms with Gasteiger partial charge in [-0.15, -0.1) is 0 Å². The Hall–Kier alpha value is -1.66. The lowest BCUT2D eigenvalue weighted by Gasteiger charge is -2.19. The van der Waals surface area contributed by atoms with Crippen LogP contribution in [0.15, 0.2) is 18.2 Å². The number of nitro benzene ring substituents is 1. The van der Waals surface area contributed by atoms with E-state index in [0.717, 1.165) is 37.3 Å². The molecule has 1 heterocycles. The Balaban J connectivity index is 2.13. The van der Waals surface area contributed by atoms with E-state index in [-0.39, 0.29) is 16.7 Å². The average molecular weight is 293 g/mol. The molecule has 2 rings (SSSR count). The van der Waals surface area contributed by atoms with E-state index in [1.807, 2.05) is 13.8 Å². The number of non-ortho nitro benzene ring substituents is 1. The van der Waals surface area contributed by atoms with E-state index in [1.54, 1.807) is 12.1 Å². The van der Waals surface area contributed by atoms with Gasteiger partial charge in [0.1, 0.15) is 0 Å². The van der Waals surface area contributed by atoms with E-state index in [1.165, 1.54) is 6.07 Å². The molecule has 0 aliphatic carbocycles. The van der Waals surface area contributed by atoms with E-state index < -0.39 is 0 Å². The number of benzene rings is 1. The van der Waals surface area contributed by atoms with Gasteiger partial charge in [0.05, 0.1) is 11.0 Å². The molecule has 6 heteroatoms. The zero-order valence-corrected chi connectivity index (χ0v) is 12.6. The summed E-state index contributed by atoms with van der Waals surface area (Å²) in [5.74, 6) is 0.297. The molecule has 1 aromatic carbocycles. The molecule has 0 radical (unpaired) electrons. The number of nitro groups is 1. The largest absolute Gasteiger partial charge is 0.393 e. The average Bonchev–Trinajstić information content (AvgIpc) is 2.89. The summed E-state index contributed by atoms with van der Waals surface area (Å²) in [5, 5.41) is 23.9. The number of aliphatic hydroxyl groups is 1. The van der Waals surface area contributed by atoms with E-state index in [0.29, 0.717) is 12.5 Å². The summed E-state index contributed by atoms with van der Waals surface area (Å²) < 4.78 is 0. The highest BCUT2D eigenvalue weighted by Gasteiger charge is 2.26. The van der Waals surface area contributed by atoms with Gasteiger partial charge in [-0.25, -0.2) is 0 Å². The van der Waals surface area contributed by atoms with Gasteiger partial charge in [-0.3, -0.25) is 15.0 Å². The standard InChI is InChI=1S/C15H23N3O3/c1-3-16-15-5-4-14(18(20)21)8-13(15)10-17-7-6-12(9-17)11(2)19/h4-5,8,11-12,16,19H,3,6-7,9-10H2,1-2H3. The molecule has 1 aromatic rings. The number of nitrogens with zero attached hydrogens (tertiary/aromatic N) is 2. The molecule has 21 heavy (non-hydrogen) atoms. The second-order valence-corrected chi connectivity index (χ2v) is 5.65. The van der Waals surface area contributed by atoms with Crippen LogP contribution < -0.4 is 5.32 Å². The van der Waals surface area contributed by atoms with Crippen LogP contribution in [-0.4, -0.2) is 40.7 Å². The third-order valence-electron chi connectivity index (χ3n) is 4.05. The topological polar surface area (TPSA) is 78.6 Å². The van der Waals surface area contributed by atoms with Crippen molar-refractivity contribution in [3.8, 4) is 0 Å². The lowest BCUT2D eigenvalue weighted by Crippen LogP contribution is -2.24. The lowest BCUT2D eigenvalue weighted by atomic mass is 10.0. The first-order valence-corrected chi connectivity index (χ1v) is 7.43. The highest BCUT2D eigenvalue weighted by atomic mass is 16.6. The van der Waals surface area contributed by atoms with Crippen molar-refractivity contribution < 1.29 is 10.0 Å².